The largest absolute Gasteiger partial charge is 0.453 e. The van der Waals surface area contributed by atoms with Crippen LogP contribution in [-0.4, -0.2) is 55.0 Å². The monoisotopic (exact) mass is 300 g/mol. The number of anilines is 3. The Balaban J connectivity index is 3.16. The number of carbonyl (C=O) groups is 3. The molecule has 1 aromatic rings. The molecule has 3 amide bonds. The van der Waals surface area contributed by atoms with Gasteiger partial charge in [0.1, 0.15) is 5.69 Å². The van der Waals surface area contributed by atoms with Crippen LogP contribution in [0.2, 0.25) is 0 Å². The van der Waals surface area contributed by atoms with Gasteiger partial charge >= 0.3 is 18.3 Å². The summed E-state index contributed by atoms with van der Waals surface area (Å²) in [5.74, 6) is -0.428. The summed E-state index contributed by atoms with van der Waals surface area (Å²) in [6.45, 7) is 0. The van der Waals surface area contributed by atoms with Crippen LogP contribution in [0.25, 0.3) is 0 Å². The number of aromatic nitrogens is 3. The summed E-state index contributed by atoms with van der Waals surface area (Å²) in [6.07, 6.45) is -2.62. The Kier molecular flexibility index (Phi) is 5.61. The highest BCUT2D eigenvalue weighted by Crippen LogP contribution is 2.26. The second-order valence-corrected chi connectivity index (χ2v) is 3.21. The topological polar surface area (TPSA) is 154 Å². The van der Waals surface area contributed by atoms with Gasteiger partial charge in [0, 0.05) is 0 Å². The Morgan fingerprint density at radius 3 is 1.52 bits per heavy atom. The van der Waals surface area contributed by atoms with Gasteiger partial charge < -0.3 is 14.2 Å². The molecule has 114 valence electrons. The summed E-state index contributed by atoms with van der Waals surface area (Å²) < 4.78 is 13.2. The van der Waals surface area contributed by atoms with Gasteiger partial charge in [0.2, 0.25) is 0 Å². The van der Waals surface area contributed by atoms with Crippen LogP contribution in [0.3, 0.4) is 0 Å². The molecule has 0 fully saturated rings. The van der Waals surface area contributed by atoms with E-state index in [0.717, 1.165) is 21.3 Å². The molecule has 0 spiro atoms. The zero-order valence-corrected chi connectivity index (χ0v) is 11.3. The van der Waals surface area contributed by atoms with Crippen LogP contribution in [0.1, 0.15) is 0 Å². The van der Waals surface area contributed by atoms with Crippen molar-refractivity contribution in [2.75, 3.05) is 37.3 Å². The first kappa shape index (κ1) is 15.9. The summed E-state index contributed by atoms with van der Waals surface area (Å²) in [6, 6.07) is 0. The van der Waals surface area contributed by atoms with Crippen molar-refractivity contribution in [3.8, 4) is 0 Å². The van der Waals surface area contributed by atoms with Gasteiger partial charge in [-0.1, -0.05) is 0 Å². The third-order valence-electron chi connectivity index (χ3n) is 1.99. The van der Waals surface area contributed by atoms with Gasteiger partial charge in [0.25, 0.3) is 0 Å². The van der Waals surface area contributed by atoms with Crippen LogP contribution in [0.15, 0.2) is 0 Å². The van der Waals surface area contributed by atoms with Crippen LogP contribution in [0.4, 0.5) is 31.7 Å². The minimum absolute atomic E-state index is 0.160. The number of rotatable bonds is 3. The zero-order chi connectivity index (χ0) is 15.8. The molecule has 0 saturated heterocycles. The average Bonchev–Trinajstić information content (AvgIpc) is 2.49. The number of hydrogen-bond acceptors (Lipinski definition) is 9. The molecule has 0 atom stereocenters. The highest BCUT2D eigenvalue weighted by atomic mass is 16.5. The van der Waals surface area contributed by atoms with Gasteiger partial charge in [-0.05, 0) is 5.21 Å². The molecule has 0 saturated carbocycles. The fourth-order valence-electron chi connectivity index (χ4n) is 1.07. The van der Waals surface area contributed by atoms with E-state index >= 15 is 0 Å². The standard InChI is InChI=1S/C9H12N6O6/c1-19-7(16)10-4-5(11-8(17)20-2)13-15-14-6(4)12-9(18)21-3/h1-3H3,(H,10,15,16)(H2,11,12,13,14,17,18). The van der Waals surface area contributed by atoms with Crippen molar-refractivity contribution in [3.63, 3.8) is 0 Å². The summed E-state index contributed by atoms with van der Waals surface area (Å²) in [5.41, 5.74) is -0.160. The van der Waals surface area contributed by atoms with E-state index in [1.807, 2.05) is 0 Å². The smallest absolute Gasteiger partial charge is 0.412 e. The lowest BCUT2D eigenvalue weighted by atomic mass is 10.4. The molecule has 1 rings (SSSR count). The first-order valence-electron chi connectivity index (χ1n) is 5.30. The molecular formula is C9H12N6O6. The predicted octanol–water partition coefficient (Wildman–Crippen LogP) is 0.406. The van der Waals surface area contributed by atoms with Crippen LogP contribution in [0.5, 0.6) is 0 Å². The average molecular weight is 300 g/mol. The van der Waals surface area contributed by atoms with Crippen molar-refractivity contribution >= 4 is 35.6 Å². The molecule has 0 aliphatic carbocycles. The molecular weight excluding hydrogens is 288 g/mol. The lowest BCUT2D eigenvalue weighted by Gasteiger charge is -2.12. The number of carbonyl (C=O) groups excluding carboxylic acids is 3. The number of hydrogen-bond donors (Lipinski definition) is 3. The van der Waals surface area contributed by atoms with E-state index < -0.39 is 18.3 Å². The molecule has 1 aromatic heterocycles. The third-order valence-corrected chi connectivity index (χ3v) is 1.99. The van der Waals surface area contributed by atoms with Crippen LogP contribution >= 0.6 is 0 Å². The molecule has 1 heterocycles. The summed E-state index contributed by atoms with van der Waals surface area (Å²) >= 11 is 0. The van der Waals surface area contributed by atoms with Gasteiger partial charge in [-0.25, -0.2) is 14.4 Å². The molecule has 12 nitrogen and oxygen atoms in total. The van der Waals surface area contributed by atoms with Gasteiger partial charge in [0.05, 0.1) is 21.3 Å². The summed E-state index contributed by atoms with van der Waals surface area (Å²) in [4.78, 5) is 33.7. The van der Waals surface area contributed by atoms with Crippen LogP contribution < -0.4 is 16.0 Å². The lowest BCUT2D eigenvalue weighted by Crippen LogP contribution is -2.22. The molecule has 21 heavy (non-hydrogen) atoms. The second kappa shape index (κ2) is 7.42. The zero-order valence-electron chi connectivity index (χ0n) is 11.3. The second-order valence-electron chi connectivity index (χ2n) is 3.21. The minimum Gasteiger partial charge on any atom is -0.453 e. The molecule has 3 N–H and O–H groups in total. The van der Waals surface area contributed by atoms with E-state index in [2.05, 4.69) is 45.6 Å². The fourth-order valence-corrected chi connectivity index (χ4v) is 1.07. The number of nitrogens with zero attached hydrogens (tertiary/aromatic N) is 3. The maximum absolute atomic E-state index is 11.3. The van der Waals surface area contributed by atoms with Gasteiger partial charge in [-0.15, -0.1) is 10.2 Å². The molecule has 0 radical (unpaired) electrons. The lowest BCUT2D eigenvalue weighted by molar-refractivity contribution is 0.185. The first-order chi connectivity index (χ1) is 10.0. The van der Waals surface area contributed by atoms with Gasteiger partial charge in [0.15, 0.2) is 11.6 Å². The fraction of sp³-hybridized carbons (Fsp3) is 0.333. The van der Waals surface area contributed by atoms with Gasteiger partial charge in [-0.3, -0.25) is 16.0 Å². The first-order valence-corrected chi connectivity index (χ1v) is 5.30. The molecule has 0 aromatic carbocycles. The predicted molar refractivity (Wildman–Crippen MR) is 67.9 cm³/mol. The molecule has 0 aliphatic heterocycles. The number of methoxy groups -OCH3 is 3. The van der Waals surface area contributed by atoms with E-state index in [0.29, 0.717) is 0 Å². The molecule has 0 aliphatic rings. The maximum atomic E-state index is 11.3. The summed E-state index contributed by atoms with van der Waals surface area (Å²) in [5, 5.41) is 16.9. The van der Waals surface area contributed by atoms with Crippen molar-refractivity contribution in [1.82, 2.24) is 15.4 Å². The normalized spacial score (nSPS) is 9.29. The van der Waals surface area contributed by atoms with Crippen molar-refractivity contribution in [3.05, 3.63) is 0 Å². The van der Waals surface area contributed by atoms with E-state index in [1.54, 1.807) is 0 Å². The molecule has 0 bridgehead atoms. The Labute approximate surface area is 118 Å². The highest BCUT2D eigenvalue weighted by molar-refractivity contribution is 6.00. The SMILES string of the molecule is COC(=O)Nc1nnnc(NC(=O)OC)c1NC(=O)OC. The Hall–Kier alpha value is -3.18. The van der Waals surface area contributed by atoms with Gasteiger partial charge in [-0.2, -0.15) is 0 Å². The van der Waals surface area contributed by atoms with E-state index in [9.17, 15) is 14.4 Å². The van der Waals surface area contributed by atoms with Crippen LogP contribution in [0, 0.1) is 0 Å². The van der Waals surface area contributed by atoms with Crippen molar-refractivity contribution in [1.29, 1.82) is 0 Å². The Morgan fingerprint density at radius 2 is 1.14 bits per heavy atom. The number of nitrogens with one attached hydrogen (secondary N) is 3. The molecule has 12 heteroatoms. The highest BCUT2D eigenvalue weighted by Gasteiger charge is 2.19. The van der Waals surface area contributed by atoms with E-state index in [1.165, 1.54) is 0 Å². The number of ether oxygens (including phenoxy) is 3. The van der Waals surface area contributed by atoms with Crippen molar-refractivity contribution < 1.29 is 28.6 Å². The Bertz CT molecular complexity index is 513. The number of amides is 3. The molecule has 0 unspecified atom stereocenters. The quantitative estimate of drug-likeness (QED) is 0.673. The summed E-state index contributed by atoms with van der Waals surface area (Å²) in [7, 11) is 3.38. The minimum atomic E-state index is -0.884. The third kappa shape index (κ3) is 4.45. The van der Waals surface area contributed by atoms with Crippen molar-refractivity contribution in [2.24, 2.45) is 0 Å². The van der Waals surface area contributed by atoms with Crippen LogP contribution in [-0.2, 0) is 14.2 Å². The van der Waals surface area contributed by atoms with E-state index in [-0.39, 0.29) is 17.3 Å². The Morgan fingerprint density at radius 1 is 0.762 bits per heavy atom. The van der Waals surface area contributed by atoms with E-state index in [4.69, 9.17) is 0 Å². The maximum Gasteiger partial charge on any atom is 0.412 e. The van der Waals surface area contributed by atoms with Crippen molar-refractivity contribution in [2.45, 2.75) is 0 Å².